The quantitative estimate of drug-likeness (QED) is 0.468. The number of carbonyl (C=O) groups excluding carboxylic acids is 2. The van der Waals surface area contributed by atoms with Crippen LogP contribution in [0.25, 0.3) is 0 Å². The maximum Gasteiger partial charge on any atom is 0.315 e. The molecule has 0 bridgehead atoms. The van der Waals surface area contributed by atoms with Crippen molar-refractivity contribution >= 4 is 39.5 Å². The molecule has 2 atom stereocenters. The number of anilines is 1. The number of benzene rings is 2. The SMILES string of the molecule is CCOC(=O)C1C(C)=Nc2sc(C(=O)c3ccccc3)c(N)c2C1c1ccccc1. The lowest BCUT2D eigenvalue weighted by Crippen LogP contribution is -2.33. The summed E-state index contributed by atoms with van der Waals surface area (Å²) in [6, 6.07) is 18.8. The van der Waals surface area contributed by atoms with Crippen molar-refractivity contribution in [3.63, 3.8) is 0 Å². The molecule has 2 unspecified atom stereocenters. The zero-order chi connectivity index (χ0) is 21.3. The lowest BCUT2D eigenvalue weighted by atomic mass is 9.77. The molecule has 6 heteroatoms. The fourth-order valence-electron chi connectivity index (χ4n) is 3.91. The molecule has 0 fully saturated rings. The highest BCUT2D eigenvalue weighted by molar-refractivity contribution is 7.18. The van der Waals surface area contributed by atoms with Crippen LogP contribution in [0.1, 0.15) is 46.1 Å². The Labute approximate surface area is 179 Å². The van der Waals surface area contributed by atoms with E-state index in [-0.39, 0.29) is 24.3 Å². The van der Waals surface area contributed by atoms with E-state index >= 15 is 0 Å². The first-order chi connectivity index (χ1) is 14.5. The van der Waals surface area contributed by atoms with Crippen molar-refractivity contribution in [2.45, 2.75) is 19.8 Å². The van der Waals surface area contributed by atoms with E-state index in [2.05, 4.69) is 4.99 Å². The minimum Gasteiger partial charge on any atom is -0.465 e. The third-order valence-electron chi connectivity index (χ3n) is 5.28. The Hall–Kier alpha value is -3.25. The van der Waals surface area contributed by atoms with E-state index in [4.69, 9.17) is 10.5 Å². The van der Waals surface area contributed by atoms with Crippen LogP contribution >= 0.6 is 11.3 Å². The molecule has 1 aromatic heterocycles. The van der Waals surface area contributed by atoms with E-state index in [0.717, 1.165) is 11.1 Å². The van der Waals surface area contributed by atoms with Crippen LogP contribution in [0.5, 0.6) is 0 Å². The first-order valence-electron chi connectivity index (χ1n) is 9.81. The molecule has 3 aromatic rings. The van der Waals surface area contributed by atoms with E-state index in [0.29, 0.717) is 26.8 Å². The van der Waals surface area contributed by atoms with Gasteiger partial charge in [-0.15, -0.1) is 11.3 Å². The van der Waals surface area contributed by atoms with Crippen LogP contribution in [-0.4, -0.2) is 24.1 Å². The number of nitrogen functional groups attached to an aromatic ring is 1. The smallest absolute Gasteiger partial charge is 0.315 e. The summed E-state index contributed by atoms with van der Waals surface area (Å²) in [4.78, 5) is 31.1. The second-order valence-electron chi connectivity index (χ2n) is 7.13. The van der Waals surface area contributed by atoms with E-state index in [1.807, 2.05) is 55.5 Å². The number of hydrogen-bond donors (Lipinski definition) is 1. The number of hydrogen-bond acceptors (Lipinski definition) is 6. The Bertz CT molecular complexity index is 1120. The average Bonchev–Trinajstić information content (AvgIpc) is 3.09. The molecule has 4 rings (SSSR count). The molecular weight excluding hydrogens is 396 g/mol. The summed E-state index contributed by atoms with van der Waals surface area (Å²) in [5, 5.41) is 0.679. The average molecular weight is 419 g/mol. The molecule has 1 aliphatic heterocycles. The van der Waals surface area contributed by atoms with Crippen molar-refractivity contribution in [1.82, 2.24) is 0 Å². The van der Waals surface area contributed by atoms with Gasteiger partial charge in [-0.1, -0.05) is 60.7 Å². The van der Waals surface area contributed by atoms with Crippen molar-refractivity contribution in [3.05, 3.63) is 82.2 Å². The van der Waals surface area contributed by atoms with Crippen LogP contribution in [0.2, 0.25) is 0 Å². The molecule has 2 N–H and O–H groups in total. The molecule has 0 amide bonds. The van der Waals surface area contributed by atoms with Gasteiger partial charge in [-0.25, -0.2) is 4.99 Å². The number of aliphatic imine (C=N–C) groups is 1. The normalized spacial score (nSPS) is 17.7. The maximum atomic E-state index is 13.1. The first-order valence-corrected chi connectivity index (χ1v) is 10.6. The van der Waals surface area contributed by atoms with Gasteiger partial charge in [0.25, 0.3) is 0 Å². The van der Waals surface area contributed by atoms with Crippen molar-refractivity contribution in [3.8, 4) is 0 Å². The third-order valence-corrected chi connectivity index (χ3v) is 6.39. The van der Waals surface area contributed by atoms with Crippen LogP contribution in [0.4, 0.5) is 10.7 Å². The van der Waals surface area contributed by atoms with Crippen LogP contribution in [0.3, 0.4) is 0 Å². The number of ketones is 1. The number of fused-ring (bicyclic) bond motifs is 1. The summed E-state index contributed by atoms with van der Waals surface area (Å²) in [6.07, 6.45) is 0. The molecule has 2 aromatic carbocycles. The van der Waals surface area contributed by atoms with Gasteiger partial charge in [-0.2, -0.15) is 0 Å². The zero-order valence-electron chi connectivity index (χ0n) is 16.8. The molecule has 5 nitrogen and oxygen atoms in total. The monoisotopic (exact) mass is 418 g/mol. The molecule has 152 valence electrons. The van der Waals surface area contributed by atoms with E-state index in [1.54, 1.807) is 19.1 Å². The number of ether oxygens (including phenoxy) is 1. The summed E-state index contributed by atoms with van der Waals surface area (Å²) in [6.45, 7) is 3.90. The van der Waals surface area contributed by atoms with Gasteiger partial charge in [-0.3, -0.25) is 9.59 Å². The third kappa shape index (κ3) is 3.44. The van der Waals surface area contributed by atoms with Crippen molar-refractivity contribution < 1.29 is 14.3 Å². The van der Waals surface area contributed by atoms with Gasteiger partial charge in [0.15, 0.2) is 0 Å². The van der Waals surface area contributed by atoms with Crippen molar-refractivity contribution in [2.75, 3.05) is 12.3 Å². The molecular formula is C24H22N2O3S. The molecule has 0 spiro atoms. The van der Waals surface area contributed by atoms with Crippen molar-refractivity contribution in [2.24, 2.45) is 10.9 Å². The summed E-state index contributed by atoms with van der Waals surface area (Å²) >= 11 is 1.28. The summed E-state index contributed by atoms with van der Waals surface area (Å²) in [5.74, 6) is -1.41. The number of thiophene rings is 1. The number of nitrogens with zero attached hydrogens (tertiary/aromatic N) is 1. The van der Waals surface area contributed by atoms with Gasteiger partial charge in [-0.05, 0) is 19.4 Å². The number of carbonyl (C=O) groups is 2. The standard InChI is InChI=1S/C24H22N2O3S/c1-3-29-24(28)17-14(2)26-23-19(18(17)15-10-6-4-7-11-15)20(25)22(30-23)21(27)16-12-8-5-9-13-16/h4-13,17-18H,3,25H2,1-2H3. The second kappa shape index (κ2) is 8.24. The van der Waals surface area contributed by atoms with Crippen molar-refractivity contribution in [1.29, 1.82) is 0 Å². The highest BCUT2D eigenvalue weighted by Crippen LogP contribution is 2.51. The molecule has 30 heavy (non-hydrogen) atoms. The number of rotatable bonds is 5. The summed E-state index contributed by atoms with van der Waals surface area (Å²) in [7, 11) is 0. The van der Waals surface area contributed by atoms with Gasteiger partial charge in [0, 0.05) is 22.8 Å². The lowest BCUT2D eigenvalue weighted by molar-refractivity contribution is -0.146. The maximum absolute atomic E-state index is 13.1. The minimum atomic E-state index is -0.587. The Balaban J connectivity index is 1.88. The molecule has 0 saturated heterocycles. The predicted octanol–water partition coefficient (Wildman–Crippen LogP) is 4.98. The van der Waals surface area contributed by atoms with Crippen LogP contribution in [0, 0.1) is 5.92 Å². The molecule has 0 aliphatic carbocycles. The second-order valence-corrected chi connectivity index (χ2v) is 8.13. The Morgan fingerprint density at radius 2 is 1.70 bits per heavy atom. The molecule has 2 heterocycles. The fraction of sp³-hybridized carbons (Fsp3) is 0.208. The first kappa shape index (κ1) is 20.0. The van der Waals surface area contributed by atoms with Crippen LogP contribution in [-0.2, 0) is 9.53 Å². The minimum absolute atomic E-state index is 0.139. The van der Waals surface area contributed by atoms with Crippen LogP contribution < -0.4 is 5.73 Å². The highest BCUT2D eigenvalue weighted by atomic mass is 32.1. The zero-order valence-corrected chi connectivity index (χ0v) is 17.6. The highest BCUT2D eigenvalue weighted by Gasteiger charge is 2.42. The largest absolute Gasteiger partial charge is 0.465 e. The van der Waals surface area contributed by atoms with Gasteiger partial charge in [0.1, 0.15) is 15.8 Å². The predicted molar refractivity (Wildman–Crippen MR) is 120 cm³/mol. The Morgan fingerprint density at radius 1 is 1.07 bits per heavy atom. The molecule has 0 saturated carbocycles. The molecule has 1 aliphatic rings. The summed E-state index contributed by atoms with van der Waals surface area (Å²) in [5.41, 5.74) is 9.83. The van der Waals surface area contributed by atoms with Gasteiger partial charge in [0.05, 0.1) is 12.3 Å². The number of esters is 1. The Kier molecular flexibility index (Phi) is 5.50. The van der Waals surface area contributed by atoms with E-state index in [9.17, 15) is 9.59 Å². The lowest BCUT2D eigenvalue weighted by Gasteiger charge is -2.30. The fourth-order valence-corrected chi connectivity index (χ4v) is 5.07. The van der Waals surface area contributed by atoms with Gasteiger partial charge in [0.2, 0.25) is 5.78 Å². The van der Waals surface area contributed by atoms with Gasteiger partial charge >= 0.3 is 5.97 Å². The summed E-state index contributed by atoms with van der Waals surface area (Å²) < 4.78 is 5.36. The van der Waals surface area contributed by atoms with Crippen LogP contribution in [0.15, 0.2) is 65.7 Å². The molecule has 0 radical (unpaired) electrons. The van der Waals surface area contributed by atoms with Gasteiger partial charge < -0.3 is 10.5 Å². The van der Waals surface area contributed by atoms with E-state index < -0.39 is 5.92 Å². The topological polar surface area (TPSA) is 81.8 Å². The Morgan fingerprint density at radius 3 is 2.33 bits per heavy atom. The van der Waals surface area contributed by atoms with E-state index in [1.165, 1.54) is 11.3 Å². The number of nitrogens with two attached hydrogens (primary N) is 1.